The van der Waals surface area contributed by atoms with Crippen LogP contribution in [0.1, 0.15) is 28.3 Å². The van der Waals surface area contributed by atoms with E-state index in [-0.39, 0.29) is 74.2 Å². The number of hydrogen-bond donors (Lipinski definition) is 0. The number of benzene rings is 3. The highest BCUT2D eigenvalue weighted by Crippen LogP contribution is 2.53. The van der Waals surface area contributed by atoms with Gasteiger partial charge in [0.1, 0.15) is 0 Å². The van der Waals surface area contributed by atoms with E-state index in [1.54, 1.807) is 36.0 Å². The molecular weight excluding hydrogens is 636 g/mol. The first kappa shape index (κ1) is 30.0. The number of amides is 4. The summed E-state index contributed by atoms with van der Waals surface area (Å²) in [5.74, 6) is 2.85. The van der Waals surface area contributed by atoms with Crippen LogP contribution in [0.15, 0.2) is 72.8 Å². The van der Waals surface area contributed by atoms with Crippen LogP contribution in [0.4, 0.5) is 0 Å². The van der Waals surface area contributed by atoms with Crippen molar-refractivity contribution in [3.63, 3.8) is 0 Å². The molecule has 9 rings (SSSR count). The van der Waals surface area contributed by atoms with Gasteiger partial charge in [0.2, 0.25) is 25.4 Å². The molecule has 6 heterocycles. The second-order valence-electron chi connectivity index (χ2n) is 12.0. The van der Waals surface area contributed by atoms with Crippen molar-refractivity contribution < 1.29 is 38.1 Å². The Kier molecular flexibility index (Phi) is 7.54. The highest BCUT2D eigenvalue weighted by molar-refractivity contribution is 7.99. The molecule has 3 aromatic rings. The van der Waals surface area contributed by atoms with Crippen molar-refractivity contribution in [3.8, 4) is 29.1 Å². The number of carbonyl (C=O) groups excluding carboxylic acids is 4. The topological polar surface area (TPSA) is 139 Å². The third-order valence-corrected chi connectivity index (χ3v) is 10.5. The van der Waals surface area contributed by atoms with Gasteiger partial charge in [0, 0.05) is 35.9 Å². The quantitative estimate of drug-likeness (QED) is 0.371. The Hall–Kier alpha value is -5.32. The number of carbonyl (C=O) groups is 4. The largest absolute Gasteiger partial charge is 0.454 e. The number of rotatable bonds is 5. The van der Waals surface area contributed by atoms with E-state index < -0.39 is 0 Å². The third-order valence-electron chi connectivity index (χ3n) is 9.39. The molecule has 4 unspecified atom stereocenters. The maximum Gasteiger partial charge on any atom is 0.253 e. The van der Waals surface area contributed by atoms with Crippen molar-refractivity contribution in [2.45, 2.75) is 25.2 Å². The molecule has 3 aromatic carbocycles. The van der Waals surface area contributed by atoms with Gasteiger partial charge in [0.25, 0.3) is 11.8 Å². The highest BCUT2D eigenvalue weighted by Gasteiger charge is 2.63. The molecule has 3 saturated heterocycles. The van der Waals surface area contributed by atoms with Crippen molar-refractivity contribution in [2.75, 3.05) is 25.2 Å². The molecule has 4 amide bonds. The number of fused-ring (bicyclic) bond motifs is 5. The van der Waals surface area contributed by atoms with Gasteiger partial charge >= 0.3 is 0 Å². The summed E-state index contributed by atoms with van der Waals surface area (Å²) in [6.45, 7) is 0.885. The van der Waals surface area contributed by atoms with E-state index >= 15 is 0 Å². The molecule has 12 nitrogen and oxygen atoms in total. The van der Waals surface area contributed by atoms with Crippen molar-refractivity contribution in [1.82, 2.24) is 14.7 Å². The second-order valence-corrected chi connectivity index (χ2v) is 13.0. The fourth-order valence-electron chi connectivity index (χ4n) is 7.12. The number of imide groups is 2. The third kappa shape index (κ3) is 5.14. The van der Waals surface area contributed by atoms with E-state index in [0.29, 0.717) is 28.6 Å². The predicted molar refractivity (Wildman–Crippen MR) is 169 cm³/mol. The van der Waals surface area contributed by atoms with Gasteiger partial charge in [0.05, 0.1) is 36.6 Å². The molecular formula is C35H28N4O8S. The zero-order chi connectivity index (χ0) is 32.9. The molecule has 4 atom stereocenters. The van der Waals surface area contributed by atoms with Crippen molar-refractivity contribution in [2.24, 2.45) is 11.8 Å². The molecule has 0 radical (unpaired) electrons. The molecule has 0 N–H and O–H groups in total. The van der Waals surface area contributed by atoms with Gasteiger partial charge in [-0.25, -0.2) is 0 Å². The average Bonchev–Trinajstić information content (AvgIpc) is 3.96. The zero-order valence-electron chi connectivity index (χ0n) is 25.4. The fraction of sp³-hybridized carbons (Fsp3) is 0.286. The van der Waals surface area contributed by atoms with Crippen LogP contribution in [0.3, 0.4) is 0 Å². The van der Waals surface area contributed by atoms with Crippen LogP contribution in [0.25, 0.3) is 0 Å². The Morgan fingerprint density at radius 1 is 0.708 bits per heavy atom. The molecule has 3 fully saturated rings. The zero-order valence-corrected chi connectivity index (χ0v) is 26.3. The van der Waals surface area contributed by atoms with Gasteiger partial charge in [0.15, 0.2) is 23.0 Å². The fourth-order valence-corrected chi connectivity index (χ4v) is 8.43. The van der Waals surface area contributed by atoms with Crippen LogP contribution in [-0.2, 0) is 32.3 Å². The van der Waals surface area contributed by atoms with Gasteiger partial charge in [-0.1, -0.05) is 24.3 Å². The van der Waals surface area contributed by atoms with Crippen LogP contribution < -0.4 is 18.9 Å². The summed E-state index contributed by atoms with van der Waals surface area (Å²) in [4.78, 5) is 54.6. The maximum absolute atomic E-state index is 13.5. The lowest BCUT2D eigenvalue weighted by Crippen LogP contribution is -2.39. The molecule has 6 aliphatic rings. The number of likely N-dealkylation sites (tertiary alicyclic amines) is 1. The van der Waals surface area contributed by atoms with Gasteiger partial charge in [-0.05, 0) is 53.1 Å². The predicted octanol–water partition coefficient (Wildman–Crippen LogP) is 3.36. The first-order valence-corrected chi connectivity index (χ1v) is 16.5. The van der Waals surface area contributed by atoms with Crippen LogP contribution in [-0.4, -0.2) is 69.6 Å². The van der Waals surface area contributed by atoms with Crippen molar-refractivity contribution in [1.29, 1.82) is 5.26 Å². The van der Waals surface area contributed by atoms with Crippen molar-refractivity contribution >= 4 is 35.4 Å². The van der Waals surface area contributed by atoms with Crippen LogP contribution >= 0.6 is 11.8 Å². The van der Waals surface area contributed by atoms with Gasteiger partial charge in [-0.3, -0.25) is 33.9 Å². The monoisotopic (exact) mass is 664 g/mol. The van der Waals surface area contributed by atoms with Gasteiger partial charge in [-0.2, -0.15) is 5.26 Å². The summed E-state index contributed by atoms with van der Waals surface area (Å²) < 4.78 is 21.2. The highest BCUT2D eigenvalue weighted by atomic mass is 32.2. The molecule has 242 valence electrons. The Bertz CT molecular complexity index is 1910. The van der Waals surface area contributed by atoms with Gasteiger partial charge in [-0.15, -0.1) is 11.8 Å². The number of nitriles is 1. The first-order valence-electron chi connectivity index (χ1n) is 15.4. The average molecular weight is 665 g/mol. The summed E-state index contributed by atoms with van der Waals surface area (Å²) in [5, 5.41) is 9.12. The van der Waals surface area contributed by atoms with Gasteiger partial charge < -0.3 is 18.9 Å². The molecule has 13 heteroatoms. The molecule has 0 saturated carbocycles. The minimum Gasteiger partial charge on any atom is -0.454 e. The lowest BCUT2D eigenvalue weighted by molar-refractivity contribution is -0.142. The number of hydrogen-bond acceptors (Lipinski definition) is 11. The Labute approximate surface area is 279 Å². The van der Waals surface area contributed by atoms with E-state index in [9.17, 15) is 19.2 Å². The number of ether oxygens (including phenoxy) is 4. The summed E-state index contributed by atoms with van der Waals surface area (Å²) in [6.07, 6.45) is 2.55. The summed E-state index contributed by atoms with van der Waals surface area (Å²) in [7, 11) is 0. The summed E-state index contributed by atoms with van der Waals surface area (Å²) >= 11 is 1.80. The summed E-state index contributed by atoms with van der Waals surface area (Å²) in [6, 6.07) is 20.4. The normalized spacial score (nSPS) is 24.6. The lowest BCUT2D eigenvalue weighted by Gasteiger charge is -2.28. The number of thioether (sulfide) groups is 1. The van der Waals surface area contributed by atoms with Crippen LogP contribution in [0, 0.1) is 23.2 Å². The number of nitrogens with zero attached hydrogens (tertiary/aromatic N) is 4. The summed E-state index contributed by atoms with van der Waals surface area (Å²) in [5.41, 5.74) is 3.26. The first-order chi connectivity index (χ1) is 23.4. The van der Waals surface area contributed by atoms with E-state index in [1.807, 2.05) is 36.4 Å². The molecule has 0 spiro atoms. The molecule has 0 aromatic heterocycles. The molecule has 48 heavy (non-hydrogen) atoms. The second kappa shape index (κ2) is 12.0. The van der Waals surface area contributed by atoms with E-state index in [0.717, 1.165) is 28.3 Å². The van der Waals surface area contributed by atoms with E-state index in [4.69, 9.17) is 24.2 Å². The molecule has 0 bridgehead atoms. The Balaban J connectivity index is 0.000000167. The van der Waals surface area contributed by atoms with Crippen molar-refractivity contribution in [3.05, 3.63) is 95.1 Å². The van der Waals surface area contributed by atoms with Crippen LogP contribution in [0.5, 0.6) is 23.0 Å². The van der Waals surface area contributed by atoms with E-state index in [2.05, 4.69) is 11.0 Å². The maximum atomic E-state index is 13.5. The smallest absolute Gasteiger partial charge is 0.253 e. The standard InChI is InChI=1S/C23H19N3O4S.C12H9NO4/c24-8-13-1-4-15(5-2-13)21-20-19(16-10-31-11-26(16)21)22(27)25(23(20)28)9-14-3-6-17-18(7-14)30-12-29-17;14-11-3-4-12(15)13(11)6-8-1-2-9-10(5-8)17-7-16-9/h1-7,16,19-21H,9-12H2;1-5H,6-7H2. The Morgan fingerprint density at radius 2 is 1.27 bits per heavy atom. The lowest BCUT2D eigenvalue weighted by atomic mass is 9.86. The minimum absolute atomic E-state index is 0.0637. The van der Waals surface area contributed by atoms with Crippen LogP contribution in [0.2, 0.25) is 0 Å². The SMILES string of the molecule is N#Cc1ccc(C2C3C(=O)N(Cc4ccc5c(c4)OCO5)C(=O)C3C3CSCN32)cc1.O=C1C=CC(=O)N1Cc1ccc2c(c1)OCO2. The van der Waals surface area contributed by atoms with E-state index in [1.165, 1.54) is 22.0 Å². The minimum atomic E-state index is -0.389. The molecule has 6 aliphatic heterocycles. The molecule has 0 aliphatic carbocycles. The Morgan fingerprint density at radius 3 is 1.88 bits per heavy atom.